The SMILES string of the molecule is C[C@@H](O)CNC(=O)Cn1nnc(-c2ccsc2)n1. The second-order valence-corrected chi connectivity index (χ2v) is 4.59. The summed E-state index contributed by atoms with van der Waals surface area (Å²) >= 11 is 1.54. The number of rotatable bonds is 5. The quantitative estimate of drug-likeness (QED) is 0.789. The molecule has 1 amide bonds. The summed E-state index contributed by atoms with van der Waals surface area (Å²) in [5.74, 6) is 0.241. The van der Waals surface area contributed by atoms with Crippen LogP contribution in [-0.2, 0) is 11.3 Å². The molecular formula is C10H13N5O2S. The zero-order chi connectivity index (χ0) is 13.0. The van der Waals surface area contributed by atoms with Gasteiger partial charge < -0.3 is 10.4 Å². The average molecular weight is 267 g/mol. The van der Waals surface area contributed by atoms with Gasteiger partial charge in [-0.3, -0.25) is 4.79 Å². The van der Waals surface area contributed by atoms with E-state index >= 15 is 0 Å². The minimum Gasteiger partial charge on any atom is -0.392 e. The van der Waals surface area contributed by atoms with Crippen molar-refractivity contribution < 1.29 is 9.90 Å². The minimum atomic E-state index is -0.570. The van der Waals surface area contributed by atoms with Gasteiger partial charge in [0.15, 0.2) is 0 Å². The zero-order valence-corrected chi connectivity index (χ0v) is 10.6. The molecule has 2 heterocycles. The Balaban J connectivity index is 1.93. The Bertz CT molecular complexity index is 508. The van der Waals surface area contributed by atoms with Crippen molar-refractivity contribution in [3.8, 4) is 11.4 Å². The van der Waals surface area contributed by atoms with Gasteiger partial charge in [-0.1, -0.05) is 0 Å². The highest BCUT2D eigenvalue weighted by Gasteiger charge is 2.09. The summed E-state index contributed by atoms with van der Waals surface area (Å²) in [7, 11) is 0. The molecule has 0 saturated carbocycles. The van der Waals surface area contributed by atoms with Gasteiger partial charge in [-0.05, 0) is 23.6 Å². The van der Waals surface area contributed by atoms with Crippen molar-refractivity contribution in [1.82, 2.24) is 25.5 Å². The molecule has 7 nitrogen and oxygen atoms in total. The van der Waals surface area contributed by atoms with Crippen molar-refractivity contribution in [1.29, 1.82) is 0 Å². The van der Waals surface area contributed by atoms with E-state index in [1.807, 2.05) is 16.8 Å². The number of nitrogens with zero attached hydrogens (tertiary/aromatic N) is 4. The molecule has 2 N–H and O–H groups in total. The number of aliphatic hydroxyl groups excluding tert-OH is 1. The van der Waals surface area contributed by atoms with E-state index in [0.717, 1.165) is 5.56 Å². The summed E-state index contributed by atoms with van der Waals surface area (Å²) in [6.45, 7) is 1.80. The van der Waals surface area contributed by atoms with Crippen molar-refractivity contribution in [3.63, 3.8) is 0 Å². The lowest BCUT2D eigenvalue weighted by Gasteiger charge is -2.05. The molecular weight excluding hydrogens is 254 g/mol. The molecule has 2 rings (SSSR count). The molecule has 0 radical (unpaired) electrons. The predicted molar refractivity (Wildman–Crippen MR) is 65.8 cm³/mol. The number of nitrogens with one attached hydrogen (secondary N) is 1. The lowest BCUT2D eigenvalue weighted by atomic mass is 10.3. The molecule has 0 unspecified atom stereocenters. The summed E-state index contributed by atoms with van der Waals surface area (Å²) in [5.41, 5.74) is 0.885. The highest BCUT2D eigenvalue weighted by molar-refractivity contribution is 7.08. The molecule has 96 valence electrons. The smallest absolute Gasteiger partial charge is 0.243 e. The molecule has 1 atom stereocenters. The number of amides is 1. The van der Waals surface area contributed by atoms with Gasteiger partial charge in [-0.25, -0.2) is 0 Å². The van der Waals surface area contributed by atoms with Crippen molar-refractivity contribution in [2.45, 2.75) is 19.6 Å². The van der Waals surface area contributed by atoms with Crippen LogP contribution in [-0.4, -0.2) is 43.9 Å². The Kier molecular flexibility index (Phi) is 4.00. The largest absolute Gasteiger partial charge is 0.392 e. The molecule has 0 aliphatic carbocycles. The molecule has 0 fully saturated rings. The number of carbonyl (C=O) groups is 1. The fraction of sp³-hybridized carbons (Fsp3) is 0.400. The second kappa shape index (κ2) is 5.69. The Morgan fingerprint density at radius 2 is 2.50 bits per heavy atom. The van der Waals surface area contributed by atoms with E-state index in [2.05, 4.69) is 20.7 Å². The molecule has 0 bridgehead atoms. The summed E-state index contributed by atoms with van der Waals surface area (Å²) in [6, 6.07) is 1.89. The van der Waals surface area contributed by atoms with Gasteiger partial charge in [-0.15, -0.1) is 10.2 Å². The number of hydrogen-bond donors (Lipinski definition) is 2. The number of thiophene rings is 1. The van der Waals surface area contributed by atoms with Gasteiger partial charge >= 0.3 is 0 Å². The first-order valence-corrected chi connectivity index (χ1v) is 6.34. The Labute approximate surface area is 107 Å². The normalized spacial score (nSPS) is 12.3. The van der Waals surface area contributed by atoms with Crippen LogP contribution in [0.1, 0.15) is 6.92 Å². The lowest BCUT2D eigenvalue weighted by molar-refractivity contribution is -0.122. The van der Waals surface area contributed by atoms with Crippen LogP contribution in [0.25, 0.3) is 11.4 Å². The highest BCUT2D eigenvalue weighted by Crippen LogP contribution is 2.16. The van der Waals surface area contributed by atoms with E-state index in [4.69, 9.17) is 5.11 Å². The molecule has 0 aromatic carbocycles. The summed E-state index contributed by atoms with van der Waals surface area (Å²) in [6.07, 6.45) is -0.570. The third-order valence-electron chi connectivity index (χ3n) is 2.11. The third-order valence-corrected chi connectivity index (χ3v) is 2.80. The molecule has 18 heavy (non-hydrogen) atoms. The fourth-order valence-electron chi connectivity index (χ4n) is 1.26. The van der Waals surface area contributed by atoms with Crippen molar-refractivity contribution in [2.75, 3.05) is 6.54 Å². The Morgan fingerprint density at radius 1 is 1.67 bits per heavy atom. The van der Waals surface area contributed by atoms with E-state index < -0.39 is 6.10 Å². The maximum atomic E-state index is 11.5. The maximum Gasteiger partial charge on any atom is 0.243 e. The monoisotopic (exact) mass is 267 g/mol. The number of tetrazole rings is 1. The Hall–Kier alpha value is -1.80. The van der Waals surface area contributed by atoms with Crippen LogP contribution in [0.2, 0.25) is 0 Å². The van der Waals surface area contributed by atoms with Crippen molar-refractivity contribution in [3.05, 3.63) is 16.8 Å². The predicted octanol–water partition coefficient (Wildman–Crippen LogP) is -0.101. The molecule has 0 spiro atoms. The van der Waals surface area contributed by atoms with E-state index in [-0.39, 0.29) is 19.0 Å². The fourth-order valence-corrected chi connectivity index (χ4v) is 1.90. The summed E-state index contributed by atoms with van der Waals surface area (Å²) in [5, 5.41) is 27.2. The Morgan fingerprint density at radius 3 is 3.17 bits per heavy atom. The van der Waals surface area contributed by atoms with Crippen LogP contribution in [0.4, 0.5) is 0 Å². The maximum absolute atomic E-state index is 11.5. The number of aliphatic hydroxyl groups is 1. The van der Waals surface area contributed by atoms with Gasteiger partial charge in [0.1, 0.15) is 6.54 Å². The first-order valence-electron chi connectivity index (χ1n) is 5.40. The number of carbonyl (C=O) groups excluding carboxylic acids is 1. The van der Waals surface area contributed by atoms with E-state index in [9.17, 15) is 4.79 Å². The van der Waals surface area contributed by atoms with Gasteiger partial charge in [0.25, 0.3) is 0 Å². The number of hydrogen-bond acceptors (Lipinski definition) is 6. The van der Waals surface area contributed by atoms with Crippen molar-refractivity contribution >= 4 is 17.2 Å². The van der Waals surface area contributed by atoms with E-state index in [0.29, 0.717) is 5.82 Å². The standard InChI is InChI=1S/C10H13N5O2S/c1-7(16)4-11-9(17)5-15-13-10(12-14-15)8-2-3-18-6-8/h2-3,6-7,16H,4-5H2,1H3,(H,11,17)/t7-/m1/s1. The van der Waals surface area contributed by atoms with Crippen LogP contribution in [0.15, 0.2) is 16.8 Å². The molecule has 2 aromatic heterocycles. The van der Waals surface area contributed by atoms with Gasteiger partial charge in [0.05, 0.1) is 6.10 Å². The lowest BCUT2D eigenvalue weighted by Crippen LogP contribution is -2.33. The molecule has 0 aliphatic rings. The van der Waals surface area contributed by atoms with Crippen LogP contribution < -0.4 is 5.32 Å². The van der Waals surface area contributed by atoms with Crippen LogP contribution in [0.3, 0.4) is 0 Å². The first-order chi connectivity index (χ1) is 8.65. The van der Waals surface area contributed by atoms with Gasteiger partial charge in [-0.2, -0.15) is 16.1 Å². The average Bonchev–Trinajstić information content (AvgIpc) is 2.95. The highest BCUT2D eigenvalue weighted by atomic mass is 32.1. The topological polar surface area (TPSA) is 92.9 Å². The van der Waals surface area contributed by atoms with Gasteiger partial charge in [0.2, 0.25) is 11.7 Å². The van der Waals surface area contributed by atoms with Crippen molar-refractivity contribution in [2.24, 2.45) is 0 Å². The molecule has 0 saturated heterocycles. The van der Waals surface area contributed by atoms with E-state index in [1.54, 1.807) is 18.3 Å². The van der Waals surface area contributed by atoms with Crippen LogP contribution >= 0.6 is 11.3 Å². The van der Waals surface area contributed by atoms with Crippen LogP contribution in [0, 0.1) is 0 Å². The minimum absolute atomic E-state index is 0.0101. The third kappa shape index (κ3) is 3.34. The number of aromatic nitrogens is 4. The van der Waals surface area contributed by atoms with Gasteiger partial charge in [0, 0.05) is 17.5 Å². The summed E-state index contributed by atoms with van der Waals surface area (Å²) < 4.78 is 0. The van der Waals surface area contributed by atoms with E-state index in [1.165, 1.54) is 4.80 Å². The summed E-state index contributed by atoms with van der Waals surface area (Å²) in [4.78, 5) is 12.7. The zero-order valence-electron chi connectivity index (χ0n) is 9.78. The second-order valence-electron chi connectivity index (χ2n) is 3.81. The first kappa shape index (κ1) is 12.7. The van der Waals surface area contributed by atoms with Crippen LogP contribution in [0.5, 0.6) is 0 Å². The molecule has 2 aromatic rings. The molecule has 0 aliphatic heterocycles. The molecule has 8 heteroatoms.